The molecule has 0 aliphatic heterocycles. The first-order valence-electron chi connectivity index (χ1n) is 6.51. The number of rotatable bonds is 6. The van der Waals surface area contributed by atoms with Crippen LogP contribution in [0.25, 0.3) is 0 Å². The maximum Gasteiger partial charge on any atom is 0.241 e. The van der Waals surface area contributed by atoms with Crippen LogP contribution >= 0.6 is 15.9 Å². The molecule has 0 saturated heterocycles. The second-order valence-electron chi connectivity index (χ2n) is 4.95. The summed E-state index contributed by atoms with van der Waals surface area (Å²) in [6.07, 6.45) is 4.66. The van der Waals surface area contributed by atoms with Crippen molar-refractivity contribution in [3.8, 4) is 0 Å². The predicted octanol–water partition coefficient (Wildman–Crippen LogP) is 2.38. The molecule has 1 aliphatic rings. The van der Waals surface area contributed by atoms with Gasteiger partial charge in [-0.25, -0.2) is 13.1 Å². The molecule has 0 radical (unpaired) electrons. The molecule has 2 rings (SSSR count). The van der Waals surface area contributed by atoms with Gasteiger partial charge in [0, 0.05) is 17.6 Å². The highest BCUT2D eigenvalue weighted by Gasteiger charge is 2.20. The Balaban J connectivity index is 2.05. The summed E-state index contributed by atoms with van der Waals surface area (Å²) in [5.74, 6) is 0.696. The van der Waals surface area contributed by atoms with Gasteiger partial charge in [0.2, 0.25) is 10.0 Å². The average molecular weight is 347 g/mol. The van der Waals surface area contributed by atoms with Crippen LogP contribution in [0.4, 0.5) is 0 Å². The van der Waals surface area contributed by atoms with Crippen LogP contribution in [0.5, 0.6) is 0 Å². The van der Waals surface area contributed by atoms with Crippen LogP contribution in [-0.4, -0.2) is 15.0 Å². The van der Waals surface area contributed by atoms with Gasteiger partial charge in [-0.1, -0.05) is 25.3 Å². The summed E-state index contributed by atoms with van der Waals surface area (Å²) < 4.78 is 27.7. The number of sulfonamides is 1. The zero-order chi connectivity index (χ0) is 13.9. The molecular formula is C13H19BrN2O2S. The Hall–Kier alpha value is -0.430. The molecule has 0 aromatic heterocycles. The third kappa shape index (κ3) is 3.78. The lowest BCUT2D eigenvalue weighted by Gasteiger charge is -2.25. The van der Waals surface area contributed by atoms with Gasteiger partial charge in [-0.15, -0.1) is 0 Å². The minimum atomic E-state index is -3.46. The van der Waals surface area contributed by atoms with Crippen LogP contribution in [0.15, 0.2) is 27.6 Å². The van der Waals surface area contributed by atoms with Crippen molar-refractivity contribution >= 4 is 26.0 Å². The Morgan fingerprint density at radius 1 is 1.37 bits per heavy atom. The van der Waals surface area contributed by atoms with E-state index >= 15 is 0 Å². The Labute approximate surface area is 122 Å². The molecule has 106 valence electrons. The third-order valence-corrected chi connectivity index (χ3v) is 6.05. The van der Waals surface area contributed by atoms with Gasteiger partial charge in [-0.3, -0.25) is 0 Å². The SMILES string of the molecule is NCc1ccc(Br)c(S(=O)(=O)NCCC2CCC2)c1. The van der Waals surface area contributed by atoms with Crippen molar-refractivity contribution in [2.45, 2.75) is 37.1 Å². The van der Waals surface area contributed by atoms with Crippen LogP contribution in [0, 0.1) is 5.92 Å². The fraction of sp³-hybridized carbons (Fsp3) is 0.538. The van der Waals surface area contributed by atoms with E-state index in [2.05, 4.69) is 20.7 Å². The second-order valence-corrected chi connectivity index (χ2v) is 7.54. The van der Waals surface area contributed by atoms with E-state index in [4.69, 9.17) is 5.73 Å². The van der Waals surface area contributed by atoms with Crippen LogP contribution in [0.2, 0.25) is 0 Å². The maximum atomic E-state index is 12.2. The van der Waals surface area contributed by atoms with Gasteiger partial charge in [0.05, 0.1) is 4.90 Å². The normalized spacial score (nSPS) is 16.3. The molecule has 3 N–H and O–H groups in total. The predicted molar refractivity (Wildman–Crippen MR) is 79.2 cm³/mol. The molecule has 0 amide bonds. The highest BCUT2D eigenvalue weighted by molar-refractivity contribution is 9.10. The number of nitrogens with two attached hydrogens (primary N) is 1. The van der Waals surface area contributed by atoms with E-state index in [-0.39, 0.29) is 4.90 Å². The topological polar surface area (TPSA) is 72.2 Å². The summed E-state index contributed by atoms with van der Waals surface area (Å²) in [6.45, 7) is 0.837. The van der Waals surface area contributed by atoms with Crippen molar-refractivity contribution in [2.24, 2.45) is 11.7 Å². The zero-order valence-corrected chi connectivity index (χ0v) is 13.1. The molecule has 1 aliphatic carbocycles. The van der Waals surface area contributed by atoms with E-state index in [1.807, 2.05) is 6.07 Å². The summed E-state index contributed by atoms with van der Waals surface area (Å²) in [5, 5.41) is 0. The average Bonchev–Trinajstić information content (AvgIpc) is 2.33. The molecule has 0 heterocycles. The third-order valence-electron chi connectivity index (χ3n) is 3.59. The molecule has 0 unspecified atom stereocenters. The van der Waals surface area contributed by atoms with Crippen molar-refractivity contribution < 1.29 is 8.42 Å². The lowest BCUT2D eigenvalue weighted by atomic mass is 9.83. The number of nitrogens with one attached hydrogen (secondary N) is 1. The van der Waals surface area contributed by atoms with Gasteiger partial charge in [0.25, 0.3) is 0 Å². The van der Waals surface area contributed by atoms with Crippen molar-refractivity contribution in [1.29, 1.82) is 0 Å². The van der Waals surface area contributed by atoms with Gasteiger partial charge < -0.3 is 5.73 Å². The Morgan fingerprint density at radius 3 is 2.68 bits per heavy atom. The molecule has 6 heteroatoms. The quantitative estimate of drug-likeness (QED) is 0.830. The smallest absolute Gasteiger partial charge is 0.241 e. The van der Waals surface area contributed by atoms with Gasteiger partial charge in [-0.05, 0) is 46.0 Å². The zero-order valence-electron chi connectivity index (χ0n) is 10.7. The molecule has 1 aromatic rings. The van der Waals surface area contributed by atoms with E-state index in [0.29, 0.717) is 23.5 Å². The van der Waals surface area contributed by atoms with E-state index in [9.17, 15) is 8.42 Å². The van der Waals surface area contributed by atoms with E-state index in [1.165, 1.54) is 19.3 Å². The first-order valence-corrected chi connectivity index (χ1v) is 8.78. The highest BCUT2D eigenvalue weighted by Crippen LogP contribution is 2.29. The summed E-state index contributed by atoms with van der Waals surface area (Å²) in [4.78, 5) is 0.268. The first-order chi connectivity index (χ1) is 9.03. The number of halogens is 1. The van der Waals surface area contributed by atoms with E-state index < -0.39 is 10.0 Å². The molecule has 19 heavy (non-hydrogen) atoms. The van der Waals surface area contributed by atoms with Crippen LogP contribution < -0.4 is 10.5 Å². The number of hydrogen-bond acceptors (Lipinski definition) is 3. The van der Waals surface area contributed by atoms with Crippen molar-refractivity contribution in [3.63, 3.8) is 0 Å². The van der Waals surface area contributed by atoms with Crippen LogP contribution in [0.3, 0.4) is 0 Å². The van der Waals surface area contributed by atoms with Crippen molar-refractivity contribution in [1.82, 2.24) is 4.72 Å². The summed E-state index contributed by atoms with van der Waals surface area (Å²) in [6, 6.07) is 5.16. The Morgan fingerprint density at radius 2 is 2.11 bits per heavy atom. The van der Waals surface area contributed by atoms with Crippen molar-refractivity contribution in [3.05, 3.63) is 28.2 Å². The number of hydrogen-bond donors (Lipinski definition) is 2. The summed E-state index contributed by atoms with van der Waals surface area (Å²) in [7, 11) is -3.46. The molecule has 1 fully saturated rings. The molecule has 0 spiro atoms. The molecule has 4 nitrogen and oxygen atoms in total. The van der Waals surface area contributed by atoms with Crippen LogP contribution in [-0.2, 0) is 16.6 Å². The lowest BCUT2D eigenvalue weighted by Crippen LogP contribution is -2.28. The minimum Gasteiger partial charge on any atom is -0.326 e. The van der Waals surface area contributed by atoms with E-state index in [1.54, 1.807) is 12.1 Å². The fourth-order valence-electron chi connectivity index (χ4n) is 2.14. The summed E-state index contributed by atoms with van der Waals surface area (Å²) in [5.41, 5.74) is 6.35. The maximum absolute atomic E-state index is 12.2. The van der Waals surface area contributed by atoms with Gasteiger partial charge in [0.1, 0.15) is 0 Å². The molecular weight excluding hydrogens is 328 g/mol. The molecule has 1 aromatic carbocycles. The molecule has 1 saturated carbocycles. The van der Waals surface area contributed by atoms with Crippen LogP contribution in [0.1, 0.15) is 31.2 Å². The standard InChI is InChI=1S/C13H19BrN2O2S/c14-12-5-4-11(9-15)8-13(12)19(17,18)16-7-6-10-2-1-3-10/h4-5,8,10,16H,1-3,6-7,9,15H2. The minimum absolute atomic E-state index is 0.268. The highest BCUT2D eigenvalue weighted by atomic mass is 79.9. The van der Waals surface area contributed by atoms with Crippen molar-refractivity contribution in [2.75, 3.05) is 6.54 Å². The van der Waals surface area contributed by atoms with E-state index in [0.717, 1.165) is 12.0 Å². The monoisotopic (exact) mass is 346 g/mol. The number of benzene rings is 1. The van der Waals surface area contributed by atoms with Gasteiger partial charge >= 0.3 is 0 Å². The Kier molecular flexibility index (Phi) is 5.00. The second kappa shape index (κ2) is 6.35. The Bertz CT molecular complexity index is 542. The largest absolute Gasteiger partial charge is 0.326 e. The molecule has 0 atom stereocenters. The molecule has 0 bridgehead atoms. The fourth-order valence-corrected chi connectivity index (χ4v) is 4.20. The summed E-state index contributed by atoms with van der Waals surface area (Å²) >= 11 is 3.28. The van der Waals surface area contributed by atoms with Gasteiger partial charge in [-0.2, -0.15) is 0 Å². The van der Waals surface area contributed by atoms with Gasteiger partial charge in [0.15, 0.2) is 0 Å². The first kappa shape index (κ1) is 15.0. The lowest BCUT2D eigenvalue weighted by molar-refractivity contribution is 0.297.